The molecule has 1 aliphatic carbocycles. The summed E-state index contributed by atoms with van der Waals surface area (Å²) in [5.41, 5.74) is 5.97. The van der Waals surface area contributed by atoms with Gasteiger partial charge in [0.05, 0.1) is 30.2 Å². The summed E-state index contributed by atoms with van der Waals surface area (Å²) in [4.78, 5) is 19.1. The summed E-state index contributed by atoms with van der Waals surface area (Å²) in [6, 6.07) is 6.90. The van der Waals surface area contributed by atoms with Crippen LogP contribution in [0.2, 0.25) is 0 Å². The predicted octanol–water partition coefficient (Wildman–Crippen LogP) is 5.72. The number of methoxy groups -OCH3 is 1. The van der Waals surface area contributed by atoms with Gasteiger partial charge in [0.25, 0.3) is 0 Å². The molecule has 222 valence electrons. The Labute approximate surface area is 253 Å². The molecule has 0 radical (unpaired) electrons. The monoisotopic (exact) mass is 599 g/mol. The molecular formula is C33H34FN5O3S. The number of carbonyl (C=O) groups excluding carboxylic acids is 1. The van der Waals surface area contributed by atoms with E-state index in [2.05, 4.69) is 29.4 Å². The molecule has 2 aliphatic heterocycles. The Kier molecular flexibility index (Phi) is 7.36. The second kappa shape index (κ2) is 11.3. The van der Waals surface area contributed by atoms with Crippen LogP contribution >= 0.6 is 11.3 Å². The van der Waals surface area contributed by atoms with Crippen molar-refractivity contribution in [2.24, 2.45) is 5.41 Å². The van der Waals surface area contributed by atoms with Crippen LogP contribution in [0.5, 0.6) is 5.75 Å². The second-order valence-electron chi connectivity index (χ2n) is 11.7. The van der Waals surface area contributed by atoms with Crippen molar-refractivity contribution in [1.82, 2.24) is 25.0 Å². The molecule has 0 saturated carbocycles. The van der Waals surface area contributed by atoms with E-state index < -0.39 is 0 Å². The Morgan fingerprint density at radius 2 is 2.12 bits per heavy atom. The molecule has 4 aromatic rings. The van der Waals surface area contributed by atoms with E-state index >= 15 is 0 Å². The fourth-order valence-corrected chi connectivity index (χ4v) is 7.29. The lowest BCUT2D eigenvalue weighted by Crippen LogP contribution is -2.53. The number of hydrogen-bond donors (Lipinski definition) is 1. The van der Waals surface area contributed by atoms with Gasteiger partial charge in [0, 0.05) is 72.3 Å². The molecule has 1 spiro atoms. The number of amides is 1. The highest BCUT2D eigenvalue weighted by Crippen LogP contribution is 2.48. The van der Waals surface area contributed by atoms with Crippen LogP contribution in [0.25, 0.3) is 38.0 Å². The lowest BCUT2D eigenvalue weighted by atomic mass is 9.70. The number of fused-ring (bicyclic) bond motifs is 1. The summed E-state index contributed by atoms with van der Waals surface area (Å²) in [6.45, 7) is 7.60. The van der Waals surface area contributed by atoms with Crippen LogP contribution < -0.4 is 10.1 Å². The minimum atomic E-state index is -0.368. The highest BCUT2D eigenvalue weighted by atomic mass is 32.1. The Balaban J connectivity index is 1.35. The largest absolute Gasteiger partial charge is 0.490 e. The number of benzene rings is 1. The normalized spacial score (nSPS) is 17.9. The van der Waals surface area contributed by atoms with Gasteiger partial charge >= 0.3 is 0 Å². The summed E-state index contributed by atoms with van der Waals surface area (Å²) < 4.78 is 28.8. The van der Waals surface area contributed by atoms with Gasteiger partial charge in [-0.25, -0.2) is 9.37 Å². The zero-order chi connectivity index (χ0) is 29.6. The molecule has 2 fully saturated rings. The number of halogens is 1. The number of pyridine rings is 1. The van der Waals surface area contributed by atoms with Crippen molar-refractivity contribution in [3.05, 3.63) is 72.3 Å². The Morgan fingerprint density at radius 1 is 1.26 bits per heavy atom. The summed E-state index contributed by atoms with van der Waals surface area (Å²) >= 11 is 1.66. The molecule has 3 aliphatic rings. The molecule has 0 bridgehead atoms. The van der Waals surface area contributed by atoms with Gasteiger partial charge in [-0.3, -0.25) is 9.48 Å². The maximum Gasteiger partial charge on any atom is 0.246 e. The molecule has 1 amide bonds. The van der Waals surface area contributed by atoms with E-state index in [0.717, 1.165) is 70.5 Å². The van der Waals surface area contributed by atoms with Crippen molar-refractivity contribution in [3.63, 3.8) is 0 Å². The molecule has 0 atom stereocenters. The number of thiophene rings is 1. The predicted molar refractivity (Wildman–Crippen MR) is 167 cm³/mol. The molecule has 0 unspecified atom stereocenters. The quantitative estimate of drug-likeness (QED) is 0.196. The van der Waals surface area contributed by atoms with Crippen molar-refractivity contribution in [3.8, 4) is 28.1 Å². The third-order valence-electron chi connectivity index (χ3n) is 8.97. The van der Waals surface area contributed by atoms with Gasteiger partial charge in [-0.05, 0) is 59.9 Å². The number of likely N-dealkylation sites (tertiary alicyclic amines) is 1. The van der Waals surface area contributed by atoms with Crippen molar-refractivity contribution in [1.29, 1.82) is 0 Å². The van der Waals surface area contributed by atoms with Crippen molar-refractivity contribution in [2.45, 2.75) is 25.3 Å². The van der Waals surface area contributed by atoms with Gasteiger partial charge < -0.3 is 19.7 Å². The molecule has 5 heterocycles. The molecule has 7 rings (SSSR count). The zero-order valence-corrected chi connectivity index (χ0v) is 25.0. The summed E-state index contributed by atoms with van der Waals surface area (Å²) in [7, 11) is 1.61. The molecule has 2 saturated heterocycles. The maximum absolute atomic E-state index is 14.5. The van der Waals surface area contributed by atoms with Crippen LogP contribution in [-0.2, 0) is 9.53 Å². The van der Waals surface area contributed by atoms with Crippen LogP contribution in [0.4, 0.5) is 4.39 Å². The van der Waals surface area contributed by atoms with Crippen LogP contribution in [0.1, 0.15) is 31.0 Å². The Bertz CT molecular complexity index is 1730. The second-order valence-corrected chi connectivity index (χ2v) is 12.6. The first-order valence-electron chi connectivity index (χ1n) is 14.7. The summed E-state index contributed by atoms with van der Waals surface area (Å²) in [5.74, 6) is 0.00893. The number of nitrogens with zero attached hydrogens (tertiary/aromatic N) is 4. The minimum Gasteiger partial charge on any atom is -0.490 e. The van der Waals surface area contributed by atoms with Gasteiger partial charge in [0.15, 0.2) is 0 Å². The molecule has 8 nitrogen and oxygen atoms in total. The fourth-order valence-electron chi connectivity index (χ4n) is 6.34. The van der Waals surface area contributed by atoms with Gasteiger partial charge in [-0.15, -0.1) is 11.3 Å². The molecule has 3 aromatic heterocycles. The van der Waals surface area contributed by atoms with E-state index in [0.29, 0.717) is 37.5 Å². The first-order valence-corrected chi connectivity index (χ1v) is 15.6. The molecule has 43 heavy (non-hydrogen) atoms. The van der Waals surface area contributed by atoms with Gasteiger partial charge in [0.1, 0.15) is 18.2 Å². The van der Waals surface area contributed by atoms with Gasteiger partial charge in [-0.2, -0.15) is 5.10 Å². The van der Waals surface area contributed by atoms with Crippen molar-refractivity contribution in [2.75, 3.05) is 46.5 Å². The minimum absolute atomic E-state index is 0.0714. The smallest absolute Gasteiger partial charge is 0.246 e. The molecule has 1 N–H and O–H groups in total. The van der Waals surface area contributed by atoms with E-state index in [-0.39, 0.29) is 17.8 Å². The number of nitrogens with one attached hydrogen (secondary N) is 1. The van der Waals surface area contributed by atoms with Crippen LogP contribution in [0.15, 0.2) is 60.8 Å². The van der Waals surface area contributed by atoms with Gasteiger partial charge in [-0.1, -0.05) is 12.7 Å². The number of rotatable bonds is 9. The fraction of sp³-hybridized carbons (Fsp3) is 0.364. The first-order chi connectivity index (χ1) is 21.0. The Morgan fingerprint density at radius 3 is 2.84 bits per heavy atom. The topological polar surface area (TPSA) is 81.5 Å². The van der Waals surface area contributed by atoms with E-state index in [1.165, 1.54) is 23.8 Å². The third-order valence-corrected chi connectivity index (χ3v) is 9.91. The van der Waals surface area contributed by atoms with E-state index in [1.54, 1.807) is 29.4 Å². The number of allylic oxidation sites excluding steroid dienone is 2. The van der Waals surface area contributed by atoms with Crippen molar-refractivity contribution < 1.29 is 18.7 Å². The highest BCUT2D eigenvalue weighted by Gasteiger charge is 2.38. The molecular weight excluding hydrogens is 565 g/mol. The number of carbonyl (C=O) groups is 1. The average Bonchev–Trinajstić information content (AvgIpc) is 3.66. The molecule has 1 aromatic carbocycles. The lowest BCUT2D eigenvalue weighted by molar-refractivity contribution is -0.131. The van der Waals surface area contributed by atoms with Gasteiger partial charge in [0.2, 0.25) is 5.91 Å². The number of aromatic nitrogens is 3. The Hall–Kier alpha value is -3.86. The molecule has 10 heteroatoms. The lowest BCUT2D eigenvalue weighted by Gasteiger charge is -2.44. The summed E-state index contributed by atoms with van der Waals surface area (Å²) in [5, 5.41) is 11.3. The van der Waals surface area contributed by atoms with Crippen molar-refractivity contribution >= 4 is 32.9 Å². The zero-order valence-electron chi connectivity index (χ0n) is 24.1. The van der Waals surface area contributed by atoms with Crippen LogP contribution in [-0.4, -0.2) is 72.1 Å². The van der Waals surface area contributed by atoms with Crippen LogP contribution in [0, 0.1) is 11.2 Å². The summed E-state index contributed by atoms with van der Waals surface area (Å²) in [6.07, 6.45) is 10.8. The van der Waals surface area contributed by atoms with E-state index in [1.807, 2.05) is 17.1 Å². The van der Waals surface area contributed by atoms with Crippen LogP contribution in [0.3, 0.4) is 0 Å². The SMILES string of the molecule is C=CC(=O)N1CC(n2cc(-c3nc(C4=CCC5(CC4)CNC5)c4ccsc4c3-c3ccc(F)cc3OCCOC)cn2)C1. The third kappa shape index (κ3) is 5.07. The highest BCUT2D eigenvalue weighted by molar-refractivity contribution is 7.17. The number of hydrogen-bond acceptors (Lipinski definition) is 7. The maximum atomic E-state index is 14.5. The first kappa shape index (κ1) is 27.9. The number of ether oxygens (including phenoxy) is 2. The standard InChI is InChI=1S/C33H34FN5O3S/c1-3-28(40)38-17-24(18-38)39-16-22(15-36-39)31-29(25-5-4-23(34)14-27(25)42-12-11-41-2)32-26(8-13-43-32)30(37-31)21-6-9-33(10-7-21)19-35-20-33/h3-6,8,13-16,24,35H,1,7,9-12,17-20H2,2H3. The van der Waals surface area contributed by atoms with E-state index in [4.69, 9.17) is 19.6 Å². The van der Waals surface area contributed by atoms with E-state index in [9.17, 15) is 9.18 Å². The average molecular weight is 600 g/mol.